The van der Waals surface area contributed by atoms with Crippen LogP contribution in [0.4, 0.5) is 0 Å². The van der Waals surface area contributed by atoms with Crippen molar-refractivity contribution in [2.75, 3.05) is 0 Å². The zero-order valence-electron chi connectivity index (χ0n) is 10.4. The van der Waals surface area contributed by atoms with E-state index >= 15 is 0 Å². The van der Waals surface area contributed by atoms with Gasteiger partial charge in [-0.1, -0.05) is 0 Å². The summed E-state index contributed by atoms with van der Waals surface area (Å²) in [7, 11) is -6.41. The largest absolute Gasteiger partial charge is 0.390 e. The van der Waals surface area contributed by atoms with Gasteiger partial charge in [-0.3, -0.25) is 12.6 Å². The molecule has 0 aromatic rings. The average molecular weight is 306 g/mol. The quantitative estimate of drug-likeness (QED) is 0.554. The van der Waals surface area contributed by atoms with Crippen molar-refractivity contribution >= 4 is 30.1 Å². The van der Waals surface area contributed by atoms with E-state index < -0.39 is 42.3 Å². The van der Waals surface area contributed by atoms with Crippen LogP contribution >= 0.6 is 0 Å². The van der Waals surface area contributed by atoms with E-state index in [1.165, 1.54) is 13.8 Å². The van der Waals surface area contributed by atoms with E-state index in [4.69, 9.17) is 12.6 Å². The first kappa shape index (κ1) is 17.2. The Kier molecular flexibility index (Phi) is 6.42. The van der Waals surface area contributed by atoms with Crippen molar-refractivity contribution in [1.29, 1.82) is 0 Å². The highest BCUT2D eigenvalue weighted by Gasteiger charge is 2.29. The number of hydrogen-bond acceptors (Lipinski definition) is 6. The highest BCUT2D eigenvalue weighted by Crippen LogP contribution is 2.14. The van der Waals surface area contributed by atoms with Crippen LogP contribution in [0.25, 0.3) is 0 Å². The van der Waals surface area contributed by atoms with Gasteiger partial charge in [-0.15, -0.1) is 0 Å². The lowest BCUT2D eigenvalue weighted by Gasteiger charge is -2.21. The molecular formula is C7H18O7S2Si. The van der Waals surface area contributed by atoms with Crippen LogP contribution in [0.5, 0.6) is 0 Å². The zero-order chi connectivity index (χ0) is 13.9. The molecule has 10 heteroatoms. The van der Waals surface area contributed by atoms with Crippen molar-refractivity contribution in [3.63, 3.8) is 0 Å². The fraction of sp³-hybridized carbons (Fsp3) is 1.00. The lowest BCUT2D eigenvalue weighted by molar-refractivity contribution is 0.0767. The van der Waals surface area contributed by atoms with Gasteiger partial charge in [-0.25, -0.2) is 4.18 Å². The molecule has 0 saturated heterocycles. The monoisotopic (exact) mass is 306 g/mol. The molecule has 0 aliphatic carbocycles. The van der Waals surface area contributed by atoms with Gasteiger partial charge in [0.2, 0.25) is 8.32 Å². The topological polar surface area (TPSA) is 99.1 Å². The molecule has 0 spiro atoms. The van der Waals surface area contributed by atoms with E-state index in [2.05, 4.69) is 4.18 Å². The Morgan fingerprint density at radius 1 is 1.18 bits per heavy atom. The van der Waals surface area contributed by atoms with Gasteiger partial charge in [-0.2, -0.15) is 12.6 Å². The molecule has 1 N–H and O–H groups in total. The fourth-order valence-electron chi connectivity index (χ4n) is 0.798. The van der Waals surface area contributed by atoms with Crippen molar-refractivity contribution < 1.29 is 29.4 Å². The molecule has 3 atom stereocenters. The summed E-state index contributed by atoms with van der Waals surface area (Å²) >= 11 is -2.47. The Labute approximate surface area is 105 Å². The van der Waals surface area contributed by atoms with Crippen LogP contribution in [0.1, 0.15) is 13.8 Å². The average Bonchev–Trinajstić information content (AvgIpc) is 1.95. The van der Waals surface area contributed by atoms with Crippen LogP contribution in [-0.2, 0) is 34.0 Å². The molecule has 0 saturated carbocycles. The SMILES string of the molecule is CC(OS(=O)O)C(C)OS(=O)(=O)O[Si](C)(C)C. The molecule has 0 aromatic heterocycles. The minimum absolute atomic E-state index is 0.860. The van der Waals surface area contributed by atoms with E-state index in [0.717, 1.165) is 0 Å². The van der Waals surface area contributed by atoms with Crippen molar-refractivity contribution in [1.82, 2.24) is 0 Å². The second-order valence-electron chi connectivity index (χ2n) is 4.42. The number of hydrogen-bond donors (Lipinski definition) is 1. The molecule has 0 amide bonds. The summed E-state index contributed by atoms with van der Waals surface area (Å²) in [6, 6.07) is 0. The van der Waals surface area contributed by atoms with E-state index in [9.17, 15) is 12.6 Å². The Balaban J connectivity index is 4.47. The Morgan fingerprint density at radius 2 is 1.65 bits per heavy atom. The van der Waals surface area contributed by atoms with Crippen LogP contribution in [0.15, 0.2) is 0 Å². The molecule has 0 heterocycles. The predicted molar refractivity (Wildman–Crippen MR) is 65.2 cm³/mol. The van der Waals surface area contributed by atoms with Crippen LogP contribution in [0.3, 0.4) is 0 Å². The summed E-state index contributed by atoms with van der Waals surface area (Å²) in [5.41, 5.74) is 0. The molecular weight excluding hydrogens is 288 g/mol. The molecule has 0 aliphatic rings. The van der Waals surface area contributed by atoms with Crippen molar-refractivity contribution in [3.8, 4) is 0 Å². The molecule has 0 rings (SSSR count). The summed E-state index contributed by atoms with van der Waals surface area (Å²) in [4.78, 5) is 0. The van der Waals surface area contributed by atoms with Gasteiger partial charge in [0.1, 0.15) is 12.2 Å². The van der Waals surface area contributed by atoms with Crippen LogP contribution in [0.2, 0.25) is 19.6 Å². The maximum atomic E-state index is 11.4. The third-order valence-corrected chi connectivity index (χ3v) is 5.34. The highest BCUT2D eigenvalue weighted by atomic mass is 32.3. The maximum Gasteiger partial charge on any atom is 0.390 e. The van der Waals surface area contributed by atoms with Gasteiger partial charge >= 0.3 is 21.8 Å². The van der Waals surface area contributed by atoms with Gasteiger partial charge in [0, 0.05) is 0 Å². The lowest BCUT2D eigenvalue weighted by Crippen LogP contribution is -2.35. The maximum absolute atomic E-state index is 11.4. The third-order valence-electron chi connectivity index (χ3n) is 1.52. The molecule has 7 nitrogen and oxygen atoms in total. The minimum atomic E-state index is -4.12. The highest BCUT2D eigenvalue weighted by molar-refractivity contribution is 7.83. The zero-order valence-corrected chi connectivity index (χ0v) is 13.0. The van der Waals surface area contributed by atoms with Crippen LogP contribution in [-0.4, -0.2) is 37.7 Å². The predicted octanol–water partition coefficient (Wildman–Crippen LogP) is 1.03. The van der Waals surface area contributed by atoms with Gasteiger partial charge in [0.05, 0.1) is 0 Å². The summed E-state index contributed by atoms with van der Waals surface area (Å²) in [5, 5.41) is 0. The molecule has 0 aromatic carbocycles. The standard InChI is InChI=1S/C7H18O7S2Si/c1-6(12-15(8)9)7(2)13-16(10,11)14-17(3,4)5/h6-7H,1-5H3,(H,8,9). The molecule has 104 valence electrons. The van der Waals surface area contributed by atoms with Crippen LogP contribution in [0, 0.1) is 0 Å². The first-order valence-corrected chi connectivity index (χ1v) is 10.6. The third kappa shape index (κ3) is 8.82. The second kappa shape index (κ2) is 6.36. The van der Waals surface area contributed by atoms with Crippen molar-refractivity contribution in [3.05, 3.63) is 0 Å². The van der Waals surface area contributed by atoms with Gasteiger partial charge in [0.15, 0.2) is 0 Å². The van der Waals surface area contributed by atoms with Crippen LogP contribution < -0.4 is 0 Å². The Morgan fingerprint density at radius 3 is 2.00 bits per heavy atom. The van der Waals surface area contributed by atoms with Gasteiger partial charge in [0.25, 0.3) is 0 Å². The Bertz CT molecular complexity index is 361. The van der Waals surface area contributed by atoms with Gasteiger partial charge < -0.3 is 0 Å². The smallest absolute Gasteiger partial charge is 0.294 e. The summed E-state index contributed by atoms with van der Waals surface area (Å²) < 4.78 is 55.8. The molecule has 0 bridgehead atoms. The fourth-order valence-corrected chi connectivity index (χ4v) is 4.35. The summed E-state index contributed by atoms with van der Waals surface area (Å²) in [5.74, 6) is 0. The van der Waals surface area contributed by atoms with E-state index in [0.29, 0.717) is 0 Å². The summed E-state index contributed by atoms with van der Waals surface area (Å²) in [6.45, 7) is 7.91. The minimum Gasteiger partial charge on any atom is -0.294 e. The normalized spacial score (nSPS) is 18.7. The van der Waals surface area contributed by atoms with Crippen molar-refractivity contribution in [2.45, 2.75) is 45.7 Å². The lowest BCUT2D eigenvalue weighted by atomic mass is 10.3. The van der Waals surface area contributed by atoms with E-state index in [1.807, 2.05) is 0 Å². The molecule has 17 heavy (non-hydrogen) atoms. The number of rotatable bonds is 7. The molecule has 0 fully saturated rings. The molecule has 0 aliphatic heterocycles. The van der Waals surface area contributed by atoms with E-state index in [1.54, 1.807) is 19.6 Å². The summed E-state index contributed by atoms with van der Waals surface area (Å²) in [6.07, 6.45) is -1.78. The molecule has 3 unspecified atom stereocenters. The Hall–Kier alpha value is 0.157. The first-order chi connectivity index (χ1) is 7.43. The van der Waals surface area contributed by atoms with E-state index in [-0.39, 0.29) is 0 Å². The molecule has 0 radical (unpaired) electrons. The second-order valence-corrected chi connectivity index (χ2v) is 11.0. The van der Waals surface area contributed by atoms with Gasteiger partial charge in [-0.05, 0) is 33.5 Å². The van der Waals surface area contributed by atoms with Crippen molar-refractivity contribution in [2.24, 2.45) is 0 Å². The first-order valence-electron chi connectivity index (χ1n) is 4.85.